The third-order valence-corrected chi connectivity index (χ3v) is 3.43. The van der Waals surface area contributed by atoms with Gasteiger partial charge in [0.05, 0.1) is 25.9 Å². The maximum atomic E-state index is 12.0. The Labute approximate surface area is 133 Å². The molecule has 1 aromatic carbocycles. The highest BCUT2D eigenvalue weighted by Crippen LogP contribution is 2.24. The van der Waals surface area contributed by atoms with Crippen LogP contribution in [0.1, 0.15) is 0 Å². The van der Waals surface area contributed by atoms with Crippen LogP contribution in [0.4, 0.5) is 10.5 Å². The highest BCUT2D eigenvalue weighted by atomic mass is 32.2. The predicted octanol–water partition coefficient (Wildman–Crippen LogP) is 1.16. The third kappa shape index (κ3) is 6.15. The number of alkyl carbamates (subject to hydrolysis) is 1. The number of nitrogens with one attached hydrogen (secondary N) is 2. The third-order valence-electron chi connectivity index (χ3n) is 2.63. The number of thioether (sulfide) groups is 1. The van der Waals surface area contributed by atoms with Gasteiger partial charge in [-0.3, -0.25) is 19.8 Å². The summed E-state index contributed by atoms with van der Waals surface area (Å²) in [4.78, 5) is 36.8. The topological polar surface area (TPSA) is 87.7 Å². The van der Waals surface area contributed by atoms with Crippen molar-refractivity contribution >= 4 is 35.4 Å². The maximum absolute atomic E-state index is 12.0. The Morgan fingerprint density at radius 1 is 1.18 bits per heavy atom. The zero-order valence-electron chi connectivity index (χ0n) is 12.7. The molecule has 0 atom stereocenters. The number of carbonyl (C=O) groups is 3. The molecule has 120 valence electrons. The van der Waals surface area contributed by atoms with Crippen molar-refractivity contribution in [3.63, 3.8) is 0 Å². The van der Waals surface area contributed by atoms with Crippen molar-refractivity contribution in [2.24, 2.45) is 0 Å². The lowest BCUT2D eigenvalue weighted by Gasteiger charge is -2.16. The van der Waals surface area contributed by atoms with E-state index >= 15 is 0 Å². The lowest BCUT2D eigenvalue weighted by atomic mass is 10.3. The first-order valence-electron chi connectivity index (χ1n) is 6.45. The highest BCUT2D eigenvalue weighted by molar-refractivity contribution is 7.98. The van der Waals surface area contributed by atoms with Crippen molar-refractivity contribution in [3.05, 3.63) is 24.3 Å². The van der Waals surface area contributed by atoms with Gasteiger partial charge in [0.15, 0.2) is 0 Å². The van der Waals surface area contributed by atoms with Crippen LogP contribution in [-0.2, 0) is 14.3 Å². The SMILES string of the molecule is COC(=O)NC(=O)CN(C)CC(=O)Nc1ccccc1SC. The summed E-state index contributed by atoms with van der Waals surface area (Å²) < 4.78 is 4.32. The van der Waals surface area contributed by atoms with Gasteiger partial charge in [-0.25, -0.2) is 4.79 Å². The number of hydrogen-bond acceptors (Lipinski definition) is 6. The lowest BCUT2D eigenvalue weighted by molar-refractivity contribution is -0.122. The summed E-state index contributed by atoms with van der Waals surface area (Å²) in [6.45, 7) is -0.0655. The molecule has 0 aromatic heterocycles. The Kier molecular flexibility index (Phi) is 7.41. The molecule has 0 radical (unpaired) electrons. The molecule has 22 heavy (non-hydrogen) atoms. The fourth-order valence-electron chi connectivity index (χ4n) is 1.69. The average Bonchev–Trinajstić information content (AvgIpc) is 2.46. The van der Waals surface area contributed by atoms with Gasteiger partial charge in [-0.15, -0.1) is 11.8 Å². The van der Waals surface area contributed by atoms with E-state index < -0.39 is 12.0 Å². The monoisotopic (exact) mass is 325 g/mol. The second kappa shape index (κ2) is 9.06. The van der Waals surface area contributed by atoms with Crippen LogP contribution < -0.4 is 10.6 Å². The van der Waals surface area contributed by atoms with Gasteiger partial charge in [0.25, 0.3) is 0 Å². The van der Waals surface area contributed by atoms with E-state index in [0.717, 1.165) is 10.6 Å². The molecule has 0 saturated heterocycles. The smallest absolute Gasteiger partial charge is 0.413 e. The number of benzene rings is 1. The van der Waals surface area contributed by atoms with Gasteiger partial charge >= 0.3 is 6.09 Å². The average molecular weight is 325 g/mol. The van der Waals surface area contributed by atoms with Crippen molar-refractivity contribution in [2.45, 2.75) is 4.90 Å². The van der Waals surface area contributed by atoms with Crippen LogP contribution in [0.5, 0.6) is 0 Å². The van der Waals surface area contributed by atoms with E-state index in [1.165, 1.54) is 23.8 Å². The maximum Gasteiger partial charge on any atom is 0.413 e. The minimum Gasteiger partial charge on any atom is -0.453 e. The lowest BCUT2D eigenvalue weighted by Crippen LogP contribution is -2.41. The minimum absolute atomic E-state index is 0.0251. The zero-order valence-corrected chi connectivity index (χ0v) is 13.5. The number of carbonyl (C=O) groups excluding carboxylic acids is 3. The molecule has 0 saturated carbocycles. The number of nitrogens with zero attached hydrogens (tertiary/aromatic N) is 1. The van der Waals surface area contributed by atoms with Crippen molar-refractivity contribution in [2.75, 3.05) is 38.8 Å². The normalized spacial score (nSPS) is 10.2. The van der Waals surface area contributed by atoms with E-state index in [-0.39, 0.29) is 19.0 Å². The number of ether oxygens (including phenoxy) is 1. The van der Waals surface area contributed by atoms with Crippen molar-refractivity contribution < 1.29 is 19.1 Å². The van der Waals surface area contributed by atoms with Gasteiger partial charge < -0.3 is 10.1 Å². The fraction of sp³-hybridized carbons (Fsp3) is 0.357. The molecule has 7 nitrogen and oxygen atoms in total. The summed E-state index contributed by atoms with van der Waals surface area (Å²) in [6, 6.07) is 7.45. The van der Waals surface area contributed by atoms with Crippen LogP contribution in [0.25, 0.3) is 0 Å². The summed E-state index contributed by atoms with van der Waals surface area (Å²) in [5, 5.41) is 4.82. The minimum atomic E-state index is -0.822. The van der Waals surface area contributed by atoms with Crippen LogP contribution in [0.2, 0.25) is 0 Å². The number of methoxy groups -OCH3 is 1. The van der Waals surface area contributed by atoms with Crippen molar-refractivity contribution in [1.29, 1.82) is 0 Å². The summed E-state index contributed by atoms with van der Waals surface area (Å²) in [7, 11) is 2.78. The Hall–Kier alpha value is -2.06. The molecule has 2 N–H and O–H groups in total. The second-order valence-electron chi connectivity index (χ2n) is 4.46. The van der Waals surface area contributed by atoms with E-state index in [2.05, 4.69) is 10.1 Å². The fourth-order valence-corrected chi connectivity index (χ4v) is 2.24. The van der Waals surface area contributed by atoms with Crippen LogP contribution >= 0.6 is 11.8 Å². The molecule has 1 rings (SSSR count). The molecule has 0 heterocycles. The number of rotatable bonds is 6. The van der Waals surface area contributed by atoms with Crippen LogP contribution in [-0.4, -0.2) is 56.3 Å². The molecule has 0 fully saturated rings. The highest BCUT2D eigenvalue weighted by Gasteiger charge is 2.14. The molecule has 0 aliphatic heterocycles. The Balaban J connectivity index is 2.47. The van der Waals surface area contributed by atoms with E-state index in [1.54, 1.807) is 7.05 Å². The van der Waals surface area contributed by atoms with E-state index in [9.17, 15) is 14.4 Å². The van der Waals surface area contributed by atoms with Gasteiger partial charge in [-0.1, -0.05) is 12.1 Å². The number of para-hydroxylation sites is 1. The van der Waals surface area contributed by atoms with Crippen LogP contribution in [0.3, 0.4) is 0 Å². The van der Waals surface area contributed by atoms with Gasteiger partial charge in [0, 0.05) is 4.90 Å². The summed E-state index contributed by atoms with van der Waals surface area (Å²) >= 11 is 1.53. The molecule has 0 unspecified atom stereocenters. The van der Waals surface area contributed by atoms with Crippen molar-refractivity contribution in [3.8, 4) is 0 Å². The Morgan fingerprint density at radius 3 is 2.45 bits per heavy atom. The summed E-state index contributed by atoms with van der Waals surface area (Å²) in [5.41, 5.74) is 0.729. The predicted molar refractivity (Wildman–Crippen MR) is 84.9 cm³/mol. The molecule has 8 heteroatoms. The summed E-state index contributed by atoms with van der Waals surface area (Å²) in [6.07, 6.45) is 1.10. The molecule has 1 aromatic rings. The number of amides is 3. The molecule has 3 amide bonds. The first-order chi connectivity index (χ1) is 10.5. The molecule has 0 aliphatic carbocycles. The van der Waals surface area contributed by atoms with E-state index in [0.29, 0.717) is 0 Å². The van der Waals surface area contributed by atoms with E-state index in [4.69, 9.17) is 0 Å². The number of hydrogen-bond donors (Lipinski definition) is 2. The first-order valence-corrected chi connectivity index (χ1v) is 7.68. The number of imide groups is 1. The van der Waals surface area contributed by atoms with E-state index in [1.807, 2.05) is 35.8 Å². The van der Waals surface area contributed by atoms with Crippen molar-refractivity contribution in [1.82, 2.24) is 10.2 Å². The Morgan fingerprint density at radius 2 is 1.82 bits per heavy atom. The molecule has 0 aliphatic rings. The van der Waals surface area contributed by atoms with Gasteiger partial charge in [0.2, 0.25) is 11.8 Å². The molecular formula is C14H19N3O4S. The van der Waals surface area contributed by atoms with Gasteiger partial charge in [-0.05, 0) is 25.4 Å². The molecule has 0 spiro atoms. The summed E-state index contributed by atoms with van der Waals surface area (Å²) in [5.74, 6) is -0.776. The largest absolute Gasteiger partial charge is 0.453 e. The molecular weight excluding hydrogens is 306 g/mol. The molecule has 0 bridgehead atoms. The standard InChI is InChI=1S/C14H19N3O4S/c1-17(9-13(19)16-14(20)21-2)8-12(18)15-10-6-4-5-7-11(10)22-3/h4-7H,8-9H2,1-3H3,(H,15,18)(H,16,19,20). The van der Waals surface area contributed by atoms with Gasteiger partial charge in [-0.2, -0.15) is 0 Å². The van der Waals surface area contributed by atoms with Crippen LogP contribution in [0.15, 0.2) is 29.2 Å². The zero-order chi connectivity index (χ0) is 16.5. The first kappa shape index (κ1) is 18.0. The number of anilines is 1. The Bertz CT molecular complexity index is 551. The van der Waals surface area contributed by atoms with Gasteiger partial charge in [0.1, 0.15) is 0 Å². The quantitative estimate of drug-likeness (QED) is 0.763. The number of likely N-dealkylation sites (N-methyl/N-ethyl adjacent to an activating group) is 1. The second-order valence-corrected chi connectivity index (χ2v) is 5.31. The van der Waals surface area contributed by atoms with Crippen LogP contribution in [0, 0.1) is 0 Å².